The van der Waals surface area contributed by atoms with Crippen molar-refractivity contribution in [3.63, 3.8) is 0 Å². The zero-order valence-corrected chi connectivity index (χ0v) is 21.2. The van der Waals surface area contributed by atoms with Crippen LogP contribution in [0.1, 0.15) is 70.0 Å². The van der Waals surface area contributed by atoms with Gasteiger partial charge in [0.1, 0.15) is 11.9 Å². The van der Waals surface area contributed by atoms with Gasteiger partial charge in [0.15, 0.2) is 6.04 Å². The molecule has 36 heavy (non-hydrogen) atoms. The number of nitrogens with one attached hydrogen (secondary N) is 2. The molecule has 2 aromatic carbocycles. The Morgan fingerprint density at radius 3 is 2.17 bits per heavy atom. The first-order valence-electron chi connectivity index (χ1n) is 12.6. The molecule has 0 fully saturated rings. The number of methoxy groups -OCH3 is 1. The fourth-order valence-corrected chi connectivity index (χ4v) is 3.62. The van der Waals surface area contributed by atoms with Gasteiger partial charge in [-0.25, -0.2) is 4.79 Å². The van der Waals surface area contributed by atoms with Crippen LogP contribution in [-0.4, -0.2) is 42.6 Å². The van der Waals surface area contributed by atoms with E-state index in [0.29, 0.717) is 17.0 Å². The monoisotopic (exact) mass is 498 g/mol. The second kappa shape index (κ2) is 16.3. The third-order valence-corrected chi connectivity index (χ3v) is 5.72. The van der Waals surface area contributed by atoms with Gasteiger partial charge >= 0.3 is 5.97 Å². The van der Waals surface area contributed by atoms with Gasteiger partial charge in [-0.15, -0.1) is 0 Å². The van der Waals surface area contributed by atoms with Gasteiger partial charge in [-0.3, -0.25) is 9.59 Å². The highest BCUT2D eigenvalue weighted by Crippen LogP contribution is 2.19. The number of rotatable bonds is 16. The van der Waals surface area contributed by atoms with E-state index in [4.69, 9.17) is 9.47 Å². The highest BCUT2D eigenvalue weighted by atomic mass is 16.5. The Morgan fingerprint density at radius 1 is 0.861 bits per heavy atom. The predicted octanol–water partition coefficient (Wildman–Crippen LogP) is 4.54. The van der Waals surface area contributed by atoms with Crippen LogP contribution >= 0.6 is 0 Å². The van der Waals surface area contributed by atoms with Crippen molar-refractivity contribution in [3.8, 4) is 5.75 Å². The molecule has 0 aliphatic heterocycles. The second-order valence-electron chi connectivity index (χ2n) is 8.61. The van der Waals surface area contributed by atoms with Crippen LogP contribution in [0.2, 0.25) is 0 Å². The molecule has 0 aliphatic rings. The van der Waals surface area contributed by atoms with E-state index < -0.39 is 24.0 Å². The van der Waals surface area contributed by atoms with Gasteiger partial charge in [0.25, 0.3) is 0 Å². The van der Waals surface area contributed by atoms with Crippen LogP contribution in [-0.2, 0) is 19.1 Å². The molecule has 196 valence electrons. The number of aliphatic hydroxyl groups excluding tert-OH is 1. The molecule has 2 aromatic rings. The topological polar surface area (TPSA) is 114 Å². The van der Waals surface area contributed by atoms with Crippen molar-refractivity contribution in [2.45, 2.75) is 70.4 Å². The first kappa shape index (κ1) is 28.8. The number of esters is 1. The van der Waals surface area contributed by atoms with Gasteiger partial charge in [0.05, 0.1) is 13.7 Å². The zero-order valence-electron chi connectivity index (χ0n) is 21.2. The van der Waals surface area contributed by atoms with Crippen molar-refractivity contribution in [2.24, 2.45) is 0 Å². The Balaban J connectivity index is 1.89. The highest BCUT2D eigenvalue weighted by molar-refractivity contribution is 5.94. The third-order valence-electron chi connectivity index (χ3n) is 5.72. The summed E-state index contributed by atoms with van der Waals surface area (Å²) in [6, 6.07) is 14.2. The lowest BCUT2D eigenvalue weighted by molar-refractivity contribution is -0.151. The summed E-state index contributed by atoms with van der Waals surface area (Å²) < 4.78 is 10.5. The van der Waals surface area contributed by atoms with E-state index in [1.807, 2.05) is 0 Å². The van der Waals surface area contributed by atoms with Gasteiger partial charge in [0.2, 0.25) is 11.8 Å². The lowest BCUT2D eigenvalue weighted by Crippen LogP contribution is -2.46. The highest BCUT2D eigenvalue weighted by Gasteiger charge is 2.31. The quantitative estimate of drug-likeness (QED) is 0.231. The largest absolute Gasteiger partial charge is 0.497 e. The smallest absolute Gasteiger partial charge is 0.331 e. The molecule has 3 N–H and O–H groups in total. The van der Waals surface area contributed by atoms with Gasteiger partial charge < -0.3 is 25.2 Å². The Labute approximate surface area is 213 Å². The number of unbranched alkanes of at least 4 members (excludes halogenated alkanes) is 5. The average molecular weight is 499 g/mol. The molecule has 2 unspecified atom stereocenters. The molecule has 2 rings (SSSR count). The summed E-state index contributed by atoms with van der Waals surface area (Å²) in [7, 11) is 1.55. The number of ether oxygens (including phenoxy) is 2. The van der Waals surface area contributed by atoms with Crippen molar-refractivity contribution in [1.29, 1.82) is 0 Å². The van der Waals surface area contributed by atoms with E-state index in [-0.39, 0.29) is 25.4 Å². The summed E-state index contributed by atoms with van der Waals surface area (Å²) >= 11 is 0. The van der Waals surface area contributed by atoms with Crippen LogP contribution in [0.3, 0.4) is 0 Å². The number of anilines is 1. The Morgan fingerprint density at radius 2 is 1.50 bits per heavy atom. The fraction of sp³-hybridized carbons (Fsp3) is 0.464. The number of aliphatic hydroxyl groups is 1. The molecule has 0 aliphatic carbocycles. The van der Waals surface area contributed by atoms with Crippen LogP contribution in [0.5, 0.6) is 5.75 Å². The number of carbonyl (C=O) groups is 3. The van der Waals surface area contributed by atoms with Crippen LogP contribution in [0, 0.1) is 0 Å². The molecule has 2 amide bonds. The third kappa shape index (κ3) is 10.5. The molecule has 0 heterocycles. The van der Waals surface area contributed by atoms with Crippen LogP contribution in [0.25, 0.3) is 0 Å². The molecule has 0 saturated carbocycles. The van der Waals surface area contributed by atoms with E-state index in [1.165, 1.54) is 6.42 Å². The lowest BCUT2D eigenvalue weighted by atomic mass is 10.0. The maximum atomic E-state index is 12.8. The molecular weight excluding hydrogens is 460 g/mol. The number of hydrogen-bond donors (Lipinski definition) is 3. The first-order valence-corrected chi connectivity index (χ1v) is 12.6. The SMILES string of the molecule is CCCCCCCCOC(=O)C(NC(=O)CCC(=O)Nc1ccc(OC)cc1)C(O)c1ccccc1. The Kier molecular flexibility index (Phi) is 13.1. The van der Waals surface area contributed by atoms with Crippen molar-refractivity contribution in [2.75, 3.05) is 19.0 Å². The summed E-state index contributed by atoms with van der Waals surface area (Å²) in [6.07, 6.45) is 4.76. The molecule has 0 saturated heterocycles. The summed E-state index contributed by atoms with van der Waals surface area (Å²) in [5.41, 5.74) is 1.06. The molecule has 0 radical (unpaired) electrons. The van der Waals surface area contributed by atoms with Gasteiger partial charge in [-0.2, -0.15) is 0 Å². The van der Waals surface area contributed by atoms with Crippen molar-refractivity contribution in [1.82, 2.24) is 5.32 Å². The predicted molar refractivity (Wildman–Crippen MR) is 139 cm³/mol. The van der Waals surface area contributed by atoms with Gasteiger partial charge in [-0.1, -0.05) is 69.4 Å². The molecular formula is C28H38N2O6. The molecule has 0 spiro atoms. The van der Waals surface area contributed by atoms with E-state index >= 15 is 0 Å². The Hall–Kier alpha value is -3.39. The van der Waals surface area contributed by atoms with Gasteiger partial charge in [-0.05, 0) is 36.2 Å². The number of amides is 2. The average Bonchev–Trinajstić information content (AvgIpc) is 2.90. The summed E-state index contributed by atoms with van der Waals surface area (Å²) in [6.45, 7) is 2.38. The standard InChI is InChI=1S/C28H38N2O6/c1-3-4-5-6-7-11-20-36-28(34)26(27(33)21-12-9-8-10-13-21)30-25(32)19-18-24(31)29-22-14-16-23(35-2)17-15-22/h8-10,12-17,26-27,33H,3-7,11,18-20H2,1-2H3,(H,29,31)(H,30,32). The van der Waals surface area contributed by atoms with E-state index in [9.17, 15) is 19.5 Å². The maximum absolute atomic E-state index is 12.8. The summed E-state index contributed by atoms with van der Waals surface area (Å²) in [4.78, 5) is 37.6. The van der Waals surface area contributed by atoms with Crippen molar-refractivity contribution in [3.05, 3.63) is 60.2 Å². The van der Waals surface area contributed by atoms with Crippen LogP contribution in [0.4, 0.5) is 5.69 Å². The zero-order chi connectivity index (χ0) is 26.2. The molecule has 8 nitrogen and oxygen atoms in total. The molecule has 0 aromatic heterocycles. The molecule has 8 heteroatoms. The van der Waals surface area contributed by atoms with Crippen LogP contribution < -0.4 is 15.4 Å². The van der Waals surface area contributed by atoms with E-state index in [1.54, 1.807) is 61.7 Å². The Bertz CT molecular complexity index is 933. The van der Waals surface area contributed by atoms with E-state index in [2.05, 4.69) is 17.6 Å². The molecule has 0 bridgehead atoms. The second-order valence-corrected chi connectivity index (χ2v) is 8.61. The minimum Gasteiger partial charge on any atom is -0.497 e. The summed E-state index contributed by atoms with van der Waals surface area (Å²) in [5.74, 6) is -0.910. The first-order chi connectivity index (χ1) is 17.4. The van der Waals surface area contributed by atoms with Gasteiger partial charge in [0, 0.05) is 18.5 Å². The van der Waals surface area contributed by atoms with E-state index in [0.717, 1.165) is 32.1 Å². The maximum Gasteiger partial charge on any atom is 0.331 e. The molecule has 2 atom stereocenters. The number of carbonyl (C=O) groups excluding carboxylic acids is 3. The minimum atomic E-state index is -1.28. The van der Waals surface area contributed by atoms with Crippen molar-refractivity contribution >= 4 is 23.5 Å². The number of benzene rings is 2. The van der Waals surface area contributed by atoms with Crippen LogP contribution in [0.15, 0.2) is 54.6 Å². The lowest BCUT2D eigenvalue weighted by Gasteiger charge is -2.23. The fourth-order valence-electron chi connectivity index (χ4n) is 3.62. The minimum absolute atomic E-state index is 0.0845. The number of hydrogen-bond acceptors (Lipinski definition) is 6. The normalized spacial score (nSPS) is 12.3. The summed E-state index contributed by atoms with van der Waals surface area (Å²) in [5, 5.41) is 16.1. The van der Waals surface area contributed by atoms with Crippen molar-refractivity contribution < 1.29 is 29.0 Å².